The molecule has 2 heterocycles. The first-order chi connectivity index (χ1) is 7.90. The summed E-state index contributed by atoms with van der Waals surface area (Å²) in [7, 11) is 0. The number of rotatable bonds is 5. The Morgan fingerprint density at radius 3 is 3.12 bits per heavy atom. The number of hydrogen-bond acceptors (Lipinski definition) is 6. The van der Waals surface area contributed by atoms with Gasteiger partial charge in [-0.1, -0.05) is 12.1 Å². The van der Waals surface area contributed by atoms with Gasteiger partial charge in [-0.25, -0.2) is 0 Å². The Kier molecular flexibility index (Phi) is 4.26. The molecule has 1 atom stereocenters. The summed E-state index contributed by atoms with van der Waals surface area (Å²) in [6, 6.07) is 0. The van der Waals surface area contributed by atoms with Gasteiger partial charge in [0, 0.05) is 0 Å². The molecule has 1 aliphatic heterocycles. The molecule has 1 aromatic rings. The molecule has 0 aromatic carbocycles. The van der Waals surface area contributed by atoms with E-state index in [2.05, 4.69) is 22.4 Å². The number of nitrogens with one attached hydrogen (secondary N) is 1. The predicted molar refractivity (Wildman–Crippen MR) is 55.8 cm³/mol. The summed E-state index contributed by atoms with van der Waals surface area (Å²) >= 11 is 0. The van der Waals surface area contributed by atoms with Crippen molar-refractivity contribution in [2.24, 2.45) is 0 Å². The molecule has 6 heteroatoms. The molecule has 16 heavy (non-hydrogen) atoms. The number of ether oxygens (including phenoxy) is 2. The second-order valence-electron chi connectivity index (χ2n) is 3.66. The van der Waals surface area contributed by atoms with E-state index in [-0.39, 0.29) is 6.10 Å². The fraction of sp³-hybridized carbons (Fsp3) is 0.800. The number of aromatic nitrogens is 2. The van der Waals surface area contributed by atoms with Crippen LogP contribution < -0.4 is 5.32 Å². The van der Waals surface area contributed by atoms with Crippen LogP contribution in [0, 0.1) is 0 Å². The first-order valence-corrected chi connectivity index (χ1v) is 5.62. The van der Waals surface area contributed by atoms with Gasteiger partial charge in [0.15, 0.2) is 0 Å². The molecule has 0 spiro atoms. The van der Waals surface area contributed by atoms with E-state index in [1.807, 2.05) is 0 Å². The van der Waals surface area contributed by atoms with Gasteiger partial charge in [-0.05, 0) is 13.0 Å². The number of nitrogens with zero attached hydrogens (tertiary/aromatic N) is 2. The topological polar surface area (TPSA) is 69.4 Å². The highest BCUT2D eigenvalue weighted by atomic mass is 16.6. The van der Waals surface area contributed by atoms with Crippen LogP contribution in [0.5, 0.6) is 0 Å². The average Bonchev–Trinajstić information content (AvgIpc) is 2.79. The van der Waals surface area contributed by atoms with E-state index in [1.54, 1.807) is 0 Å². The maximum Gasteiger partial charge on any atom is 0.240 e. The molecule has 1 fully saturated rings. The van der Waals surface area contributed by atoms with Gasteiger partial charge in [0.1, 0.15) is 6.10 Å². The quantitative estimate of drug-likeness (QED) is 0.745. The summed E-state index contributed by atoms with van der Waals surface area (Å²) in [5.41, 5.74) is 0. The lowest BCUT2D eigenvalue weighted by molar-refractivity contribution is -0.0941. The zero-order chi connectivity index (χ0) is 11.2. The van der Waals surface area contributed by atoms with Crippen molar-refractivity contribution in [3.63, 3.8) is 0 Å². The lowest BCUT2D eigenvalue weighted by Gasteiger charge is -2.19. The fourth-order valence-corrected chi connectivity index (χ4v) is 1.48. The van der Waals surface area contributed by atoms with Gasteiger partial charge in [0.05, 0.1) is 26.4 Å². The minimum Gasteiger partial charge on any atom is -0.376 e. The summed E-state index contributed by atoms with van der Waals surface area (Å²) in [4.78, 5) is 4.26. The van der Waals surface area contributed by atoms with Gasteiger partial charge in [-0.2, -0.15) is 4.98 Å². The molecule has 0 bridgehead atoms. The largest absolute Gasteiger partial charge is 0.376 e. The van der Waals surface area contributed by atoms with Crippen LogP contribution >= 0.6 is 0 Å². The highest BCUT2D eigenvalue weighted by Crippen LogP contribution is 2.17. The highest BCUT2D eigenvalue weighted by Gasteiger charge is 2.22. The van der Waals surface area contributed by atoms with Crippen molar-refractivity contribution < 1.29 is 14.0 Å². The summed E-state index contributed by atoms with van der Waals surface area (Å²) < 4.78 is 15.9. The van der Waals surface area contributed by atoms with Crippen molar-refractivity contribution in [3.8, 4) is 0 Å². The molecule has 2 rings (SSSR count). The first-order valence-electron chi connectivity index (χ1n) is 5.62. The first kappa shape index (κ1) is 11.5. The van der Waals surface area contributed by atoms with E-state index in [1.165, 1.54) is 0 Å². The van der Waals surface area contributed by atoms with Gasteiger partial charge in [-0.3, -0.25) is 0 Å². The van der Waals surface area contributed by atoms with E-state index < -0.39 is 0 Å². The summed E-state index contributed by atoms with van der Waals surface area (Å²) in [5, 5.41) is 7.09. The van der Waals surface area contributed by atoms with E-state index >= 15 is 0 Å². The van der Waals surface area contributed by atoms with Crippen molar-refractivity contribution in [2.45, 2.75) is 26.0 Å². The van der Waals surface area contributed by atoms with Crippen molar-refractivity contribution >= 4 is 0 Å². The minimum atomic E-state index is -0.183. The van der Waals surface area contributed by atoms with E-state index in [9.17, 15) is 0 Å². The maximum absolute atomic E-state index is 5.47. The van der Waals surface area contributed by atoms with Crippen molar-refractivity contribution in [2.75, 3.05) is 26.4 Å². The van der Waals surface area contributed by atoms with E-state index in [4.69, 9.17) is 14.0 Å². The highest BCUT2D eigenvalue weighted by molar-refractivity contribution is 4.92. The Hall–Kier alpha value is -0.980. The number of hydrogen-bond donors (Lipinski definition) is 1. The lowest BCUT2D eigenvalue weighted by atomic mass is 10.3. The standard InChI is InChI=1S/C10H17N3O3/c1-2-3-11-6-9-12-10(13-16-9)8-7-14-4-5-15-8/h8,11H,2-7H2,1H3. The zero-order valence-electron chi connectivity index (χ0n) is 9.44. The SMILES string of the molecule is CCCNCc1nc(C2COCCO2)no1. The van der Waals surface area contributed by atoms with Gasteiger partial charge in [0.25, 0.3) is 0 Å². The summed E-state index contributed by atoms with van der Waals surface area (Å²) in [6.07, 6.45) is 0.901. The van der Waals surface area contributed by atoms with Crippen LogP contribution in [0.3, 0.4) is 0 Å². The second kappa shape index (κ2) is 5.93. The molecule has 0 radical (unpaired) electrons. The third-order valence-corrected chi connectivity index (χ3v) is 2.29. The molecule has 1 aromatic heterocycles. The molecule has 1 saturated heterocycles. The summed E-state index contributed by atoms with van der Waals surface area (Å²) in [6.45, 7) is 5.39. The Bertz CT molecular complexity index is 310. The second-order valence-corrected chi connectivity index (χ2v) is 3.66. The van der Waals surface area contributed by atoms with Crippen molar-refractivity contribution in [1.82, 2.24) is 15.5 Å². The third kappa shape index (κ3) is 3.01. The Balaban J connectivity index is 1.85. The molecule has 90 valence electrons. The van der Waals surface area contributed by atoms with Crippen LogP contribution in [0.15, 0.2) is 4.52 Å². The van der Waals surface area contributed by atoms with Gasteiger partial charge >= 0.3 is 0 Å². The average molecular weight is 227 g/mol. The third-order valence-electron chi connectivity index (χ3n) is 2.29. The Morgan fingerprint density at radius 2 is 2.38 bits per heavy atom. The molecular weight excluding hydrogens is 210 g/mol. The smallest absolute Gasteiger partial charge is 0.240 e. The van der Waals surface area contributed by atoms with Crippen molar-refractivity contribution in [3.05, 3.63) is 11.7 Å². The molecule has 1 N–H and O–H groups in total. The maximum atomic E-state index is 5.47. The summed E-state index contributed by atoms with van der Waals surface area (Å²) in [5.74, 6) is 1.17. The van der Waals surface area contributed by atoms with Crippen LogP contribution in [0.4, 0.5) is 0 Å². The van der Waals surface area contributed by atoms with Gasteiger partial charge in [-0.15, -0.1) is 0 Å². The molecular formula is C10H17N3O3. The normalized spacial score (nSPS) is 21.2. The lowest BCUT2D eigenvalue weighted by Crippen LogP contribution is -2.23. The fourth-order valence-electron chi connectivity index (χ4n) is 1.48. The predicted octanol–water partition coefficient (Wildman–Crippen LogP) is 0.657. The van der Waals surface area contributed by atoms with Gasteiger partial charge < -0.3 is 19.3 Å². The van der Waals surface area contributed by atoms with Crippen LogP contribution in [0.25, 0.3) is 0 Å². The van der Waals surface area contributed by atoms with Crippen molar-refractivity contribution in [1.29, 1.82) is 0 Å². The Labute approximate surface area is 94.3 Å². The molecule has 0 aliphatic carbocycles. The van der Waals surface area contributed by atoms with Crippen LogP contribution in [0.2, 0.25) is 0 Å². The van der Waals surface area contributed by atoms with E-state index in [0.717, 1.165) is 13.0 Å². The van der Waals surface area contributed by atoms with Crippen LogP contribution in [-0.2, 0) is 16.0 Å². The van der Waals surface area contributed by atoms with E-state index in [0.29, 0.717) is 38.1 Å². The Morgan fingerprint density at radius 1 is 1.44 bits per heavy atom. The minimum absolute atomic E-state index is 0.183. The van der Waals surface area contributed by atoms with Crippen LogP contribution in [0.1, 0.15) is 31.2 Å². The molecule has 1 aliphatic rings. The zero-order valence-corrected chi connectivity index (χ0v) is 9.44. The van der Waals surface area contributed by atoms with Gasteiger partial charge in [0.2, 0.25) is 11.7 Å². The molecule has 0 saturated carbocycles. The molecule has 1 unspecified atom stereocenters. The van der Waals surface area contributed by atoms with Crippen LogP contribution in [-0.4, -0.2) is 36.5 Å². The monoisotopic (exact) mass is 227 g/mol. The molecule has 0 amide bonds. The molecule has 6 nitrogen and oxygen atoms in total.